The van der Waals surface area contributed by atoms with Gasteiger partial charge in [-0.2, -0.15) is 0 Å². The van der Waals surface area contributed by atoms with E-state index in [9.17, 15) is 4.79 Å². The maximum absolute atomic E-state index is 11.4. The van der Waals surface area contributed by atoms with Crippen LogP contribution in [0.1, 0.15) is 21.5 Å². The summed E-state index contributed by atoms with van der Waals surface area (Å²) in [5, 5.41) is 1.00. The Morgan fingerprint density at radius 1 is 0.952 bits per heavy atom. The summed E-state index contributed by atoms with van der Waals surface area (Å²) in [5.74, 6) is 0.778. The molecule has 2 heterocycles. The average molecular weight is 274 g/mol. The highest BCUT2D eigenvalue weighted by molar-refractivity contribution is 5.91. The molecule has 0 fully saturated rings. The van der Waals surface area contributed by atoms with Crippen molar-refractivity contribution in [1.82, 2.24) is 4.98 Å². The molecule has 0 radical (unpaired) electrons. The molecule has 0 aliphatic carbocycles. The van der Waals surface area contributed by atoms with Gasteiger partial charge in [-0.15, -0.1) is 0 Å². The number of fused-ring (bicyclic) bond motifs is 2. The monoisotopic (exact) mass is 274 g/mol. The van der Waals surface area contributed by atoms with Gasteiger partial charge in [-0.25, -0.2) is 4.98 Å². The van der Waals surface area contributed by atoms with Gasteiger partial charge in [0.15, 0.2) is 6.29 Å². The second-order valence-corrected chi connectivity index (χ2v) is 5.34. The van der Waals surface area contributed by atoms with E-state index in [4.69, 9.17) is 4.98 Å². The molecule has 2 aromatic carbocycles. The minimum absolute atomic E-state index is 0.654. The van der Waals surface area contributed by atoms with Crippen molar-refractivity contribution < 1.29 is 4.79 Å². The molecule has 4 rings (SSSR count). The van der Waals surface area contributed by atoms with Crippen LogP contribution in [-0.2, 0) is 13.1 Å². The molecular formula is C18H14N2O. The van der Waals surface area contributed by atoms with Crippen LogP contribution in [0.4, 0.5) is 5.82 Å². The van der Waals surface area contributed by atoms with Crippen LogP contribution in [0.3, 0.4) is 0 Å². The van der Waals surface area contributed by atoms with Gasteiger partial charge in [0.2, 0.25) is 0 Å². The van der Waals surface area contributed by atoms with Crippen molar-refractivity contribution in [3.63, 3.8) is 0 Å². The number of anilines is 1. The number of pyridine rings is 1. The first-order valence-electron chi connectivity index (χ1n) is 7.02. The molecule has 0 bridgehead atoms. The Morgan fingerprint density at radius 2 is 1.62 bits per heavy atom. The number of hydrogen-bond acceptors (Lipinski definition) is 3. The van der Waals surface area contributed by atoms with Gasteiger partial charge >= 0.3 is 0 Å². The number of nitrogens with zero attached hydrogens (tertiary/aromatic N) is 2. The molecule has 1 aliphatic heterocycles. The predicted octanol–water partition coefficient (Wildman–Crippen LogP) is 3.57. The lowest BCUT2D eigenvalue weighted by Gasteiger charge is -2.19. The molecule has 0 saturated heterocycles. The summed E-state index contributed by atoms with van der Waals surface area (Å²) in [6.07, 6.45) is 0.901. The van der Waals surface area contributed by atoms with E-state index in [2.05, 4.69) is 29.2 Å². The lowest BCUT2D eigenvalue weighted by molar-refractivity contribution is 0.112. The lowest BCUT2D eigenvalue weighted by atomic mass is 10.1. The molecular weight excluding hydrogens is 260 g/mol. The highest BCUT2D eigenvalue weighted by atomic mass is 16.1. The van der Waals surface area contributed by atoms with Crippen molar-refractivity contribution in [2.45, 2.75) is 13.1 Å². The Bertz CT molecular complexity index is 816. The zero-order valence-electron chi connectivity index (χ0n) is 11.5. The minimum Gasteiger partial charge on any atom is -0.347 e. The summed E-state index contributed by atoms with van der Waals surface area (Å²) < 4.78 is 0. The fourth-order valence-electron chi connectivity index (χ4n) is 2.95. The van der Waals surface area contributed by atoms with Crippen LogP contribution < -0.4 is 4.90 Å². The van der Waals surface area contributed by atoms with Gasteiger partial charge in [0, 0.05) is 18.5 Å². The third-order valence-corrected chi connectivity index (χ3v) is 4.00. The second kappa shape index (κ2) is 4.70. The predicted molar refractivity (Wildman–Crippen MR) is 83.5 cm³/mol. The van der Waals surface area contributed by atoms with Crippen LogP contribution in [0, 0.1) is 0 Å². The molecule has 0 saturated carbocycles. The van der Waals surface area contributed by atoms with Crippen molar-refractivity contribution >= 4 is 23.0 Å². The van der Waals surface area contributed by atoms with Crippen molar-refractivity contribution in [2.24, 2.45) is 0 Å². The molecule has 3 nitrogen and oxygen atoms in total. The molecule has 0 unspecified atom stereocenters. The van der Waals surface area contributed by atoms with Crippen LogP contribution in [0.25, 0.3) is 10.9 Å². The molecule has 102 valence electrons. The van der Waals surface area contributed by atoms with Crippen molar-refractivity contribution in [1.29, 1.82) is 0 Å². The summed E-state index contributed by atoms with van der Waals surface area (Å²) in [7, 11) is 0. The zero-order valence-corrected chi connectivity index (χ0v) is 11.5. The summed E-state index contributed by atoms with van der Waals surface area (Å²) in [5.41, 5.74) is 4.20. The second-order valence-electron chi connectivity index (χ2n) is 5.34. The molecule has 1 aliphatic rings. The smallest absolute Gasteiger partial charge is 0.153 e. The van der Waals surface area contributed by atoms with E-state index >= 15 is 0 Å². The first-order chi connectivity index (χ1) is 10.3. The molecule has 0 atom stereocenters. The van der Waals surface area contributed by atoms with E-state index in [-0.39, 0.29) is 0 Å². The molecule has 21 heavy (non-hydrogen) atoms. The Labute approximate surface area is 122 Å². The summed E-state index contributed by atoms with van der Waals surface area (Å²) in [6.45, 7) is 1.62. The number of aromatic nitrogens is 1. The Kier molecular flexibility index (Phi) is 2.71. The van der Waals surface area contributed by atoms with Gasteiger partial charge in [0.05, 0.1) is 11.1 Å². The Morgan fingerprint density at radius 3 is 2.33 bits per heavy atom. The Hall–Kier alpha value is -2.68. The number of hydrogen-bond donors (Lipinski definition) is 0. The third-order valence-electron chi connectivity index (χ3n) is 4.00. The largest absolute Gasteiger partial charge is 0.347 e. The van der Waals surface area contributed by atoms with Gasteiger partial charge in [-0.3, -0.25) is 4.79 Å². The van der Waals surface area contributed by atoms with Gasteiger partial charge in [-0.05, 0) is 23.3 Å². The van der Waals surface area contributed by atoms with Gasteiger partial charge in [0.1, 0.15) is 5.82 Å². The van der Waals surface area contributed by atoms with Crippen LogP contribution in [-0.4, -0.2) is 11.3 Å². The van der Waals surface area contributed by atoms with E-state index in [1.165, 1.54) is 11.1 Å². The van der Waals surface area contributed by atoms with Gasteiger partial charge in [0.25, 0.3) is 0 Å². The first kappa shape index (κ1) is 12.1. The third kappa shape index (κ3) is 1.98. The van der Waals surface area contributed by atoms with E-state index in [1.54, 1.807) is 0 Å². The van der Waals surface area contributed by atoms with Crippen molar-refractivity contribution in [2.75, 3.05) is 4.90 Å². The zero-order chi connectivity index (χ0) is 14.2. The lowest BCUT2D eigenvalue weighted by Crippen LogP contribution is -2.18. The number of benzene rings is 2. The van der Waals surface area contributed by atoms with Crippen molar-refractivity contribution in [3.8, 4) is 0 Å². The standard InChI is InChI=1S/C18H14N2O/c21-12-16-9-13-5-3-4-8-17(13)19-18(16)20-10-14-6-1-2-7-15(14)11-20/h1-9,12H,10-11H2. The highest BCUT2D eigenvalue weighted by Gasteiger charge is 2.22. The summed E-state index contributed by atoms with van der Waals surface area (Å²) in [4.78, 5) is 18.3. The van der Waals surface area contributed by atoms with E-state index < -0.39 is 0 Å². The minimum atomic E-state index is 0.654. The van der Waals surface area contributed by atoms with E-state index in [1.807, 2.05) is 30.3 Å². The number of rotatable bonds is 2. The number of para-hydroxylation sites is 1. The van der Waals surface area contributed by atoms with Crippen LogP contribution in [0.2, 0.25) is 0 Å². The molecule has 1 aromatic heterocycles. The molecule has 3 aromatic rings. The fourth-order valence-corrected chi connectivity index (χ4v) is 2.95. The maximum atomic E-state index is 11.4. The number of aldehydes is 1. The van der Waals surface area contributed by atoms with Crippen LogP contribution >= 0.6 is 0 Å². The molecule has 0 amide bonds. The molecule has 0 N–H and O–H groups in total. The van der Waals surface area contributed by atoms with E-state index in [0.717, 1.165) is 36.1 Å². The SMILES string of the molecule is O=Cc1cc2ccccc2nc1N1Cc2ccccc2C1. The first-order valence-corrected chi connectivity index (χ1v) is 7.02. The Balaban J connectivity index is 1.82. The number of carbonyl (C=O) groups is 1. The molecule has 3 heteroatoms. The fraction of sp³-hybridized carbons (Fsp3) is 0.111. The topological polar surface area (TPSA) is 33.2 Å². The summed E-state index contributed by atoms with van der Waals surface area (Å²) in [6, 6.07) is 18.2. The maximum Gasteiger partial charge on any atom is 0.153 e. The van der Waals surface area contributed by atoms with Gasteiger partial charge in [-0.1, -0.05) is 42.5 Å². The average Bonchev–Trinajstić information content (AvgIpc) is 2.97. The van der Waals surface area contributed by atoms with Gasteiger partial charge < -0.3 is 4.90 Å². The molecule has 0 spiro atoms. The highest BCUT2D eigenvalue weighted by Crippen LogP contribution is 2.30. The quantitative estimate of drug-likeness (QED) is 0.670. The van der Waals surface area contributed by atoms with E-state index in [0.29, 0.717) is 5.56 Å². The van der Waals surface area contributed by atoms with Crippen LogP contribution in [0.15, 0.2) is 54.6 Å². The number of carbonyl (C=O) groups excluding carboxylic acids is 1. The summed E-state index contributed by atoms with van der Waals surface area (Å²) >= 11 is 0. The van der Waals surface area contributed by atoms with Crippen molar-refractivity contribution in [3.05, 3.63) is 71.3 Å². The normalized spacial score (nSPS) is 13.4. The van der Waals surface area contributed by atoms with Crippen LogP contribution in [0.5, 0.6) is 0 Å².